The summed E-state index contributed by atoms with van der Waals surface area (Å²) < 4.78 is 13.2. The molecule has 0 fully saturated rings. The second kappa shape index (κ2) is 3.23. The van der Waals surface area contributed by atoms with E-state index in [1.807, 2.05) is 0 Å². The van der Waals surface area contributed by atoms with E-state index in [1.54, 1.807) is 25.3 Å². The van der Waals surface area contributed by atoms with Crippen molar-refractivity contribution in [2.24, 2.45) is 5.84 Å². The lowest BCUT2D eigenvalue weighted by Crippen LogP contribution is -2.07. The van der Waals surface area contributed by atoms with E-state index in [-0.39, 0.29) is 5.82 Å². The molecule has 0 saturated carbocycles. The molecule has 0 aliphatic rings. The first kappa shape index (κ1) is 8.90. The number of nitrogen functional groups attached to an aromatic ring is 1. The lowest BCUT2D eigenvalue weighted by molar-refractivity contribution is 0.620. The molecule has 1 heterocycles. The highest BCUT2D eigenvalue weighted by atomic mass is 19.1. The fourth-order valence-electron chi connectivity index (χ4n) is 1.46. The predicted octanol–water partition coefficient (Wildman–Crippen LogP) is 1.97. The van der Waals surface area contributed by atoms with Gasteiger partial charge < -0.3 is 5.43 Å². The number of fused-ring (bicyclic) bond motifs is 1. The molecule has 1 aromatic heterocycles. The smallest absolute Gasteiger partial charge is 0.128 e. The summed E-state index contributed by atoms with van der Waals surface area (Å²) in [4.78, 5) is 4.11. The summed E-state index contributed by atoms with van der Waals surface area (Å²) in [5, 5.41) is 0.828. The van der Waals surface area contributed by atoms with Gasteiger partial charge in [-0.2, -0.15) is 0 Å². The third-order valence-corrected chi connectivity index (χ3v) is 2.26. The van der Waals surface area contributed by atoms with Gasteiger partial charge in [0.1, 0.15) is 5.82 Å². The maximum atomic E-state index is 13.2. The SMILES string of the molecule is Cc1c(F)ccc2c(NN)ccnc12. The summed E-state index contributed by atoms with van der Waals surface area (Å²) in [6.45, 7) is 1.70. The van der Waals surface area contributed by atoms with Crippen molar-refractivity contribution >= 4 is 16.6 Å². The molecule has 72 valence electrons. The molecule has 0 aliphatic carbocycles. The Labute approximate surface area is 80.7 Å². The van der Waals surface area contributed by atoms with Gasteiger partial charge in [-0.1, -0.05) is 0 Å². The van der Waals surface area contributed by atoms with E-state index in [2.05, 4.69) is 10.4 Å². The summed E-state index contributed by atoms with van der Waals surface area (Å²) >= 11 is 0. The van der Waals surface area contributed by atoms with Gasteiger partial charge in [-0.15, -0.1) is 0 Å². The summed E-state index contributed by atoms with van der Waals surface area (Å²) in [5.41, 5.74) is 4.48. The van der Waals surface area contributed by atoms with Crippen LogP contribution in [0.5, 0.6) is 0 Å². The number of hydrazine groups is 1. The van der Waals surface area contributed by atoms with E-state index < -0.39 is 0 Å². The van der Waals surface area contributed by atoms with Crippen LogP contribution in [0.2, 0.25) is 0 Å². The van der Waals surface area contributed by atoms with Crippen molar-refractivity contribution in [2.75, 3.05) is 5.43 Å². The first-order chi connectivity index (χ1) is 6.74. The van der Waals surface area contributed by atoms with E-state index in [0.717, 1.165) is 11.1 Å². The van der Waals surface area contributed by atoms with Crippen molar-refractivity contribution < 1.29 is 4.39 Å². The van der Waals surface area contributed by atoms with E-state index in [9.17, 15) is 4.39 Å². The minimum Gasteiger partial charge on any atom is -0.323 e. The maximum absolute atomic E-state index is 13.2. The molecule has 0 atom stereocenters. The molecule has 0 amide bonds. The summed E-state index contributed by atoms with van der Waals surface area (Å²) in [7, 11) is 0. The molecular weight excluding hydrogens is 181 g/mol. The maximum Gasteiger partial charge on any atom is 0.128 e. The van der Waals surface area contributed by atoms with Crippen LogP contribution in [0.1, 0.15) is 5.56 Å². The zero-order chi connectivity index (χ0) is 10.1. The quantitative estimate of drug-likeness (QED) is 0.535. The Kier molecular flexibility index (Phi) is 2.05. The summed E-state index contributed by atoms with van der Waals surface area (Å²) in [5.74, 6) is 5.08. The Balaban J connectivity index is 2.86. The lowest BCUT2D eigenvalue weighted by atomic mass is 10.1. The highest BCUT2D eigenvalue weighted by Gasteiger charge is 2.06. The van der Waals surface area contributed by atoms with Crippen molar-refractivity contribution in [1.82, 2.24) is 4.98 Å². The number of pyridine rings is 1. The molecule has 14 heavy (non-hydrogen) atoms. The first-order valence-corrected chi connectivity index (χ1v) is 4.24. The van der Waals surface area contributed by atoms with Crippen molar-refractivity contribution in [3.05, 3.63) is 35.8 Å². The number of hydrogen-bond donors (Lipinski definition) is 2. The monoisotopic (exact) mass is 191 g/mol. The number of aryl methyl sites for hydroxylation is 1. The number of nitrogens with two attached hydrogens (primary N) is 1. The van der Waals surface area contributed by atoms with Gasteiger partial charge in [0, 0.05) is 17.1 Å². The molecule has 4 heteroatoms. The molecule has 0 aliphatic heterocycles. The van der Waals surface area contributed by atoms with Gasteiger partial charge in [-0.25, -0.2) is 4.39 Å². The van der Waals surface area contributed by atoms with Crippen molar-refractivity contribution in [3.8, 4) is 0 Å². The van der Waals surface area contributed by atoms with E-state index in [4.69, 9.17) is 5.84 Å². The number of anilines is 1. The number of nitrogens with one attached hydrogen (secondary N) is 1. The largest absolute Gasteiger partial charge is 0.323 e. The van der Waals surface area contributed by atoms with Crippen LogP contribution in [0.25, 0.3) is 10.9 Å². The Morgan fingerprint density at radius 2 is 2.14 bits per heavy atom. The lowest BCUT2D eigenvalue weighted by Gasteiger charge is -2.06. The third-order valence-electron chi connectivity index (χ3n) is 2.26. The molecule has 0 bridgehead atoms. The molecular formula is C10H10FN3. The van der Waals surface area contributed by atoms with Crippen LogP contribution in [0.4, 0.5) is 10.1 Å². The third kappa shape index (κ3) is 1.20. The standard InChI is InChI=1S/C10H10FN3/c1-6-8(11)3-2-7-9(14-12)4-5-13-10(6)7/h2-5H,12H2,1H3,(H,13,14). The molecule has 2 rings (SSSR count). The predicted molar refractivity (Wildman–Crippen MR) is 54.2 cm³/mol. The van der Waals surface area contributed by atoms with Crippen LogP contribution in [-0.4, -0.2) is 4.98 Å². The number of nitrogens with zero attached hydrogens (tertiary/aromatic N) is 1. The number of hydrogen-bond acceptors (Lipinski definition) is 3. The van der Waals surface area contributed by atoms with Gasteiger partial charge >= 0.3 is 0 Å². The van der Waals surface area contributed by atoms with Crippen molar-refractivity contribution in [2.45, 2.75) is 6.92 Å². The average Bonchev–Trinajstić information content (AvgIpc) is 2.23. The summed E-state index contributed by atoms with van der Waals surface area (Å²) in [6, 6.07) is 4.83. The van der Waals surface area contributed by atoms with Crippen molar-refractivity contribution in [3.63, 3.8) is 0 Å². The summed E-state index contributed by atoms with van der Waals surface area (Å²) in [6.07, 6.45) is 1.60. The molecule has 3 N–H and O–H groups in total. The Morgan fingerprint density at radius 3 is 2.86 bits per heavy atom. The van der Waals surface area contributed by atoms with Crippen LogP contribution in [0, 0.1) is 12.7 Å². The van der Waals surface area contributed by atoms with E-state index in [0.29, 0.717) is 11.1 Å². The van der Waals surface area contributed by atoms with Crippen LogP contribution in [-0.2, 0) is 0 Å². The topological polar surface area (TPSA) is 50.9 Å². The van der Waals surface area contributed by atoms with Gasteiger partial charge in [0.05, 0.1) is 11.2 Å². The number of aromatic nitrogens is 1. The second-order valence-electron chi connectivity index (χ2n) is 3.07. The van der Waals surface area contributed by atoms with Gasteiger partial charge in [-0.3, -0.25) is 10.8 Å². The number of benzene rings is 1. The first-order valence-electron chi connectivity index (χ1n) is 4.24. The highest BCUT2D eigenvalue weighted by molar-refractivity contribution is 5.92. The molecule has 0 unspecified atom stereocenters. The fraction of sp³-hybridized carbons (Fsp3) is 0.100. The van der Waals surface area contributed by atoms with Gasteiger partial charge in [0.15, 0.2) is 0 Å². The molecule has 3 nitrogen and oxygen atoms in total. The van der Waals surface area contributed by atoms with E-state index in [1.165, 1.54) is 6.07 Å². The molecule has 0 saturated heterocycles. The number of halogens is 1. The molecule has 2 aromatic rings. The average molecular weight is 191 g/mol. The van der Waals surface area contributed by atoms with Crippen molar-refractivity contribution in [1.29, 1.82) is 0 Å². The number of rotatable bonds is 1. The Bertz CT molecular complexity index is 482. The van der Waals surface area contributed by atoms with Crippen LogP contribution < -0.4 is 11.3 Å². The minimum atomic E-state index is -0.251. The van der Waals surface area contributed by atoms with Gasteiger partial charge in [0.2, 0.25) is 0 Å². The van der Waals surface area contributed by atoms with E-state index >= 15 is 0 Å². The normalized spacial score (nSPS) is 10.5. The van der Waals surface area contributed by atoms with Gasteiger partial charge in [-0.05, 0) is 25.1 Å². The fourth-order valence-corrected chi connectivity index (χ4v) is 1.46. The molecule has 0 radical (unpaired) electrons. The van der Waals surface area contributed by atoms with Crippen LogP contribution in [0.3, 0.4) is 0 Å². The zero-order valence-electron chi connectivity index (χ0n) is 7.71. The van der Waals surface area contributed by atoms with Crippen LogP contribution >= 0.6 is 0 Å². The molecule has 0 spiro atoms. The Hall–Kier alpha value is -1.68. The molecule has 1 aromatic carbocycles. The second-order valence-corrected chi connectivity index (χ2v) is 3.07. The zero-order valence-corrected chi connectivity index (χ0v) is 7.71. The highest BCUT2D eigenvalue weighted by Crippen LogP contribution is 2.24. The Morgan fingerprint density at radius 1 is 1.36 bits per heavy atom. The van der Waals surface area contributed by atoms with Crippen LogP contribution in [0.15, 0.2) is 24.4 Å². The van der Waals surface area contributed by atoms with Gasteiger partial charge in [0.25, 0.3) is 0 Å². The minimum absolute atomic E-state index is 0.251.